The quantitative estimate of drug-likeness (QED) is 0.928. The molecule has 1 heterocycles. The fourth-order valence-electron chi connectivity index (χ4n) is 3.76. The Bertz CT molecular complexity index is 520. The average Bonchev–Trinajstić information content (AvgIpc) is 2.95. The zero-order valence-electron chi connectivity index (χ0n) is 14.4. The van der Waals surface area contributed by atoms with E-state index in [1.807, 2.05) is 4.90 Å². The van der Waals surface area contributed by atoms with Crippen molar-refractivity contribution in [3.63, 3.8) is 0 Å². The van der Waals surface area contributed by atoms with Gasteiger partial charge >= 0.3 is 0 Å². The van der Waals surface area contributed by atoms with E-state index in [9.17, 15) is 4.79 Å². The van der Waals surface area contributed by atoms with Crippen molar-refractivity contribution >= 4 is 11.6 Å². The number of piperazine rings is 1. The zero-order valence-corrected chi connectivity index (χ0v) is 14.4. The highest BCUT2D eigenvalue weighted by Gasteiger charge is 2.23. The Morgan fingerprint density at radius 1 is 1.13 bits per heavy atom. The number of nitrogens with one attached hydrogen (secondary N) is 1. The lowest BCUT2D eigenvalue weighted by Crippen LogP contribution is -2.47. The van der Waals surface area contributed by atoms with E-state index in [-0.39, 0.29) is 5.91 Å². The number of carbonyl (C=O) groups excluding carboxylic acids is 1. The Balaban J connectivity index is 1.49. The minimum absolute atomic E-state index is 0.196. The van der Waals surface area contributed by atoms with Gasteiger partial charge in [0.2, 0.25) is 5.91 Å². The molecule has 0 radical (unpaired) electrons. The van der Waals surface area contributed by atoms with Crippen molar-refractivity contribution < 1.29 is 4.79 Å². The van der Waals surface area contributed by atoms with E-state index < -0.39 is 0 Å². The highest BCUT2D eigenvalue weighted by Crippen LogP contribution is 2.28. The first-order chi connectivity index (χ1) is 11.1. The van der Waals surface area contributed by atoms with Gasteiger partial charge in [0, 0.05) is 51.4 Å². The zero-order chi connectivity index (χ0) is 16.2. The van der Waals surface area contributed by atoms with Crippen LogP contribution in [0.5, 0.6) is 0 Å². The molecule has 4 heteroatoms. The second-order valence-electron chi connectivity index (χ2n) is 7.14. The van der Waals surface area contributed by atoms with Crippen LogP contribution in [-0.2, 0) is 11.3 Å². The number of benzene rings is 1. The van der Waals surface area contributed by atoms with Crippen molar-refractivity contribution in [2.24, 2.45) is 5.92 Å². The molecule has 1 aliphatic carbocycles. The van der Waals surface area contributed by atoms with Crippen molar-refractivity contribution in [3.8, 4) is 0 Å². The molecule has 2 atom stereocenters. The molecule has 23 heavy (non-hydrogen) atoms. The predicted octanol–water partition coefficient (Wildman–Crippen LogP) is 2.95. The van der Waals surface area contributed by atoms with Gasteiger partial charge in [0.05, 0.1) is 0 Å². The molecule has 1 saturated heterocycles. The van der Waals surface area contributed by atoms with Gasteiger partial charge in [0.15, 0.2) is 0 Å². The van der Waals surface area contributed by atoms with Crippen LogP contribution >= 0.6 is 0 Å². The third-order valence-electron chi connectivity index (χ3n) is 5.39. The Kier molecular flexibility index (Phi) is 5.21. The van der Waals surface area contributed by atoms with Crippen LogP contribution in [0.4, 0.5) is 5.69 Å². The molecule has 1 aliphatic heterocycles. The second-order valence-corrected chi connectivity index (χ2v) is 7.14. The summed E-state index contributed by atoms with van der Waals surface area (Å²) in [5.41, 5.74) is 2.60. The summed E-state index contributed by atoms with van der Waals surface area (Å²) in [6.45, 7) is 8.64. The maximum Gasteiger partial charge on any atom is 0.219 e. The topological polar surface area (TPSA) is 35.6 Å². The fourth-order valence-corrected chi connectivity index (χ4v) is 3.76. The molecule has 3 rings (SSSR count). The number of hydrogen-bond donors (Lipinski definition) is 1. The van der Waals surface area contributed by atoms with Gasteiger partial charge in [0.25, 0.3) is 0 Å². The number of anilines is 1. The lowest BCUT2D eigenvalue weighted by atomic mass is 10.1. The van der Waals surface area contributed by atoms with Gasteiger partial charge in [-0.15, -0.1) is 0 Å². The fraction of sp³-hybridized carbons (Fsp3) is 0.632. The molecule has 4 nitrogen and oxygen atoms in total. The van der Waals surface area contributed by atoms with Crippen LogP contribution in [0.15, 0.2) is 24.3 Å². The standard InChI is InChI=1S/C19H29N3O/c1-15-4-3-5-19(15)20-18-8-6-17(7-9-18)14-21-10-12-22(13-11-21)16(2)23/h6-9,15,19-20H,3-5,10-14H2,1-2H3/t15-,19-/m1/s1. The van der Waals surface area contributed by atoms with Crippen LogP contribution in [0.2, 0.25) is 0 Å². The Morgan fingerprint density at radius 2 is 1.83 bits per heavy atom. The second kappa shape index (κ2) is 7.35. The van der Waals surface area contributed by atoms with Crippen LogP contribution < -0.4 is 5.32 Å². The van der Waals surface area contributed by atoms with Crippen molar-refractivity contribution in [1.29, 1.82) is 0 Å². The van der Waals surface area contributed by atoms with Crippen molar-refractivity contribution in [2.45, 2.75) is 45.7 Å². The summed E-state index contributed by atoms with van der Waals surface area (Å²) in [6.07, 6.45) is 3.99. The van der Waals surface area contributed by atoms with E-state index in [0.717, 1.165) is 38.6 Å². The molecule has 1 saturated carbocycles. The van der Waals surface area contributed by atoms with E-state index in [2.05, 4.69) is 41.4 Å². The van der Waals surface area contributed by atoms with Gasteiger partial charge in [0.1, 0.15) is 0 Å². The number of amides is 1. The van der Waals surface area contributed by atoms with E-state index in [1.54, 1.807) is 6.92 Å². The molecule has 1 amide bonds. The van der Waals surface area contributed by atoms with Gasteiger partial charge in [-0.25, -0.2) is 0 Å². The first-order valence-electron chi connectivity index (χ1n) is 8.95. The van der Waals surface area contributed by atoms with Gasteiger partial charge in [-0.05, 0) is 36.5 Å². The molecular weight excluding hydrogens is 286 g/mol. The Labute approximate surface area is 139 Å². The maximum absolute atomic E-state index is 11.4. The number of carbonyl (C=O) groups is 1. The van der Waals surface area contributed by atoms with Crippen LogP contribution in [0.1, 0.15) is 38.7 Å². The molecule has 1 aromatic rings. The van der Waals surface area contributed by atoms with Gasteiger partial charge in [-0.2, -0.15) is 0 Å². The van der Waals surface area contributed by atoms with Crippen LogP contribution in [0.3, 0.4) is 0 Å². The molecule has 1 aromatic carbocycles. The van der Waals surface area contributed by atoms with Gasteiger partial charge in [-0.3, -0.25) is 9.69 Å². The predicted molar refractivity (Wildman–Crippen MR) is 94.4 cm³/mol. The Hall–Kier alpha value is -1.55. The van der Waals surface area contributed by atoms with Crippen LogP contribution in [0, 0.1) is 5.92 Å². The highest BCUT2D eigenvalue weighted by molar-refractivity contribution is 5.73. The minimum atomic E-state index is 0.196. The average molecular weight is 315 g/mol. The summed E-state index contributed by atoms with van der Waals surface area (Å²) < 4.78 is 0. The molecule has 0 unspecified atom stereocenters. The SMILES string of the molecule is CC(=O)N1CCN(Cc2ccc(N[C@@H]3CCC[C@H]3C)cc2)CC1. The monoisotopic (exact) mass is 315 g/mol. The third kappa shape index (κ3) is 4.25. The smallest absolute Gasteiger partial charge is 0.219 e. The van der Waals surface area contributed by atoms with Gasteiger partial charge in [-0.1, -0.05) is 25.5 Å². The molecule has 2 fully saturated rings. The Morgan fingerprint density at radius 3 is 2.39 bits per heavy atom. The summed E-state index contributed by atoms with van der Waals surface area (Å²) in [5.74, 6) is 0.980. The van der Waals surface area contributed by atoms with E-state index in [4.69, 9.17) is 0 Å². The summed E-state index contributed by atoms with van der Waals surface area (Å²) in [4.78, 5) is 15.7. The normalized spacial score (nSPS) is 25.6. The first-order valence-corrected chi connectivity index (χ1v) is 8.95. The first kappa shape index (κ1) is 16.3. The molecule has 0 spiro atoms. The van der Waals surface area contributed by atoms with Crippen LogP contribution in [0.25, 0.3) is 0 Å². The van der Waals surface area contributed by atoms with E-state index >= 15 is 0 Å². The van der Waals surface area contributed by atoms with E-state index in [0.29, 0.717) is 6.04 Å². The summed E-state index contributed by atoms with van der Waals surface area (Å²) in [6, 6.07) is 9.54. The number of hydrogen-bond acceptors (Lipinski definition) is 3. The van der Waals surface area contributed by atoms with E-state index in [1.165, 1.54) is 30.5 Å². The molecule has 126 valence electrons. The molecule has 0 aromatic heterocycles. The third-order valence-corrected chi connectivity index (χ3v) is 5.39. The van der Waals surface area contributed by atoms with Crippen molar-refractivity contribution in [1.82, 2.24) is 9.80 Å². The van der Waals surface area contributed by atoms with Gasteiger partial charge < -0.3 is 10.2 Å². The summed E-state index contributed by atoms with van der Waals surface area (Å²) in [5, 5.41) is 3.68. The molecular formula is C19H29N3O. The number of rotatable bonds is 4. The van der Waals surface area contributed by atoms with Crippen molar-refractivity contribution in [2.75, 3.05) is 31.5 Å². The minimum Gasteiger partial charge on any atom is -0.382 e. The maximum atomic E-state index is 11.4. The highest BCUT2D eigenvalue weighted by atomic mass is 16.2. The molecule has 2 aliphatic rings. The van der Waals surface area contributed by atoms with Crippen LogP contribution in [-0.4, -0.2) is 47.9 Å². The van der Waals surface area contributed by atoms with Crippen molar-refractivity contribution in [3.05, 3.63) is 29.8 Å². The molecule has 1 N–H and O–H groups in total. The lowest BCUT2D eigenvalue weighted by Gasteiger charge is -2.34. The molecule has 0 bridgehead atoms. The number of nitrogens with zero attached hydrogens (tertiary/aromatic N) is 2. The summed E-state index contributed by atoms with van der Waals surface area (Å²) in [7, 11) is 0. The summed E-state index contributed by atoms with van der Waals surface area (Å²) >= 11 is 0. The lowest BCUT2D eigenvalue weighted by molar-refractivity contribution is -0.130. The largest absolute Gasteiger partial charge is 0.382 e.